The van der Waals surface area contributed by atoms with Crippen LogP contribution in [0, 0.1) is 0 Å². The molecule has 0 unspecified atom stereocenters. The zero-order valence-electron chi connectivity index (χ0n) is 21.4. The highest BCUT2D eigenvalue weighted by molar-refractivity contribution is 9.10. The molecule has 2 amide bonds. The number of amides is 2. The molecule has 0 radical (unpaired) electrons. The van der Waals surface area contributed by atoms with Crippen LogP contribution in [0.25, 0.3) is 0 Å². The van der Waals surface area contributed by atoms with Crippen molar-refractivity contribution in [1.29, 1.82) is 0 Å². The van der Waals surface area contributed by atoms with E-state index in [0.29, 0.717) is 5.75 Å². The molecule has 0 saturated carbocycles. The number of nitrogens with one attached hydrogen (secondary N) is 1. The van der Waals surface area contributed by atoms with Crippen LogP contribution in [0.3, 0.4) is 0 Å². The molecule has 2 aromatic carbocycles. The van der Waals surface area contributed by atoms with Gasteiger partial charge in [-0.15, -0.1) is 0 Å². The Morgan fingerprint density at radius 3 is 2.22 bits per heavy atom. The molecule has 36 heavy (non-hydrogen) atoms. The fourth-order valence-corrected chi connectivity index (χ4v) is 4.54. The third-order valence-corrected chi connectivity index (χ3v) is 7.42. The van der Waals surface area contributed by atoms with E-state index in [1.165, 1.54) is 25.2 Å². The van der Waals surface area contributed by atoms with E-state index in [-0.39, 0.29) is 29.9 Å². The summed E-state index contributed by atoms with van der Waals surface area (Å²) in [5.74, 6) is -0.145. The quantitative estimate of drug-likeness (QED) is 0.409. The number of nitrogens with zero attached hydrogens (tertiary/aromatic N) is 2. The zero-order valence-corrected chi connectivity index (χ0v) is 23.9. The normalized spacial score (nSPS) is 12.9. The number of carbonyl (C=O) groups is 2. The number of hydrogen-bond donors (Lipinski definition) is 1. The fraction of sp³-hybridized carbons (Fsp3) is 0.440. The summed E-state index contributed by atoms with van der Waals surface area (Å²) in [6.07, 6.45) is 1.75. The van der Waals surface area contributed by atoms with Crippen LogP contribution in [-0.4, -0.2) is 64.2 Å². The molecule has 0 bridgehead atoms. The van der Waals surface area contributed by atoms with Crippen LogP contribution >= 0.6 is 15.9 Å². The average Bonchev–Trinajstić information content (AvgIpc) is 2.85. The summed E-state index contributed by atoms with van der Waals surface area (Å²) in [7, 11) is -0.999. The highest BCUT2D eigenvalue weighted by Gasteiger charge is 2.31. The van der Waals surface area contributed by atoms with E-state index < -0.39 is 28.5 Å². The van der Waals surface area contributed by atoms with Crippen molar-refractivity contribution in [3.05, 3.63) is 52.5 Å². The van der Waals surface area contributed by atoms with Gasteiger partial charge in [0.1, 0.15) is 24.1 Å². The van der Waals surface area contributed by atoms with Crippen molar-refractivity contribution >= 4 is 43.5 Å². The van der Waals surface area contributed by atoms with E-state index in [4.69, 9.17) is 9.47 Å². The largest absolute Gasteiger partial charge is 0.497 e. The van der Waals surface area contributed by atoms with Crippen molar-refractivity contribution in [3.8, 4) is 11.5 Å². The first kappa shape index (κ1) is 29.4. The summed E-state index contributed by atoms with van der Waals surface area (Å²) < 4.78 is 38.0. The van der Waals surface area contributed by atoms with E-state index in [0.717, 1.165) is 27.0 Å². The average molecular weight is 585 g/mol. The predicted octanol–water partition coefficient (Wildman–Crippen LogP) is 3.56. The van der Waals surface area contributed by atoms with Crippen LogP contribution in [0.2, 0.25) is 0 Å². The first-order valence-corrected chi connectivity index (χ1v) is 14.1. The molecular formula is C25H34BrN3O6S. The first-order valence-electron chi connectivity index (χ1n) is 11.4. The Bertz CT molecular complexity index is 1160. The van der Waals surface area contributed by atoms with Crippen LogP contribution in [0.5, 0.6) is 11.5 Å². The molecule has 9 nitrogen and oxygen atoms in total. The lowest BCUT2D eigenvalue weighted by molar-refractivity contribution is -0.139. The van der Waals surface area contributed by atoms with E-state index in [9.17, 15) is 18.0 Å². The van der Waals surface area contributed by atoms with Gasteiger partial charge in [0.25, 0.3) is 0 Å². The van der Waals surface area contributed by atoms with Crippen LogP contribution in [0.4, 0.5) is 5.69 Å². The number of carbonyl (C=O) groups excluding carboxylic acids is 2. The molecule has 0 fully saturated rings. The Kier molecular flexibility index (Phi) is 10.6. The minimum atomic E-state index is -3.89. The van der Waals surface area contributed by atoms with Crippen molar-refractivity contribution < 1.29 is 27.5 Å². The van der Waals surface area contributed by atoms with Gasteiger partial charge in [0, 0.05) is 23.1 Å². The Morgan fingerprint density at radius 1 is 1.06 bits per heavy atom. The Hall–Kier alpha value is -2.79. The maximum Gasteiger partial charge on any atom is 0.244 e. The molecule has 198 valence electrons. The van der Waals surface area contributed by atoms with Gasteiger partial charge in [0.15, 0.2) is 0 Å². The third kappa shape index (κ3) is 7.86. The van der Waals surface area contributed by atoms with Gasteiger partial charge in [-0.05, 0) is 50.1 Å². The lowest BCUT2D eigenvalue weighted by Gasteiger charge is -2.32. The van der Waals surface area contributed by atoms with Gasteiger partial charge >= 0.3 is 0 Å². The minimum Gasteiger partial charge on any atom is -0.497 e. The van der Waals surface area contributed by atoms with Gasteiger partial charge in [-0.3, -0.25) is 13.9 Å². The highest BCUT2D eigenvalue weighted by Crippen LogP contribution is 2.33. The Labute approximate surface area is 221 Å². The van der Waals surface area contributed by atoms with Crippen molar-refractivity contribution in [2.75, 3.05) is 31.3 Å². The molecule has 0 aliphatic carbocycles. The number of hydrogen-bond acceptors (Lipinski definition) is 6. The number of sulfonamides is 1. The van der Waals surface area contributed by atoms with Gasteiger partial charge < -0.3 is 19.7 Å². The molecule has 2 atom stereocenters. The number of rotatable bonds is 12. The number of methoxy groups -OCH3 is 2. The molecule has 0 aliphatic heterocycles. The van der Waals surface area contributed by atoms with Crippen molar-refractivity contribution in [2.45, 2.75) is 45.8 Å². The van der Waals surface area contributed by atoms with Gasteiger partial charge in [-0.25, -0.2) is 8.42 Å². The number of anilines is 1. The maximum absolute atomic E-state index is 13.6. The van der Waals surface area contributed by atoms with Gasteiger partial charge in [-0.2, -0.15) is 0 Å². The third-order valence-electron chi connectivity index (χ3n) is 5.77. The monoisotopic (exact) mass is 583 g/mol. The molecule has 11 heteroatoms. The summed E-state index contributed by atoms with van der Waals surface area (Å²) in [5.41, 5.74) is 0.983. The molecule has 2 rings (SSSR count). The first-order chi connectivity index (χ1) is 16.9. The fourth-order valence-electron chi connectivity index (χ4n) is 3.42. The standard InChI is InChI=1S/C25H34BrN3O6S/c1-7-17(2)27-25(31)18(3)28(15-19-8-10-20(26)11-9-19)24(30)16-29(36(6,32)33)22-13-12-21(34-4)14-23(22)35-5/h8-14,17-18H,7,15-16H2,1-6H3,(H,27,31)/t17-,18+/m0/s1. The molecular weight excluding hydrogens is 550 g/mol. The summed E-state index contributed by atoms with van der Waals surface area (Å²) in [5, 5.41) is 2.90. The smallest absolute Gasteiger partial charge is 0.244 e. The second-order valence-electron chi connectivity index (χ2n) is 8.45. The van der Waals surface area contributed by atoms with E-state index >= 15 is 0 Å². The van der Waals surface area contributed by atoms with Crippen molar-refractivity contribution in [1.82, 2.24) is 10.2 Å². The molecule has 2 aromatic rings. The topological polar surface area (TPSA) is 105 Å². The molecule has 0 saturated heterocycles. The van der Waals surface area contributed by atoms with Gasteiger partial charge in [0.05, 0.1) is 26.2 Å². The molecule has 1 N–H and O–H groups in total. The van der Waals surface area contributed by atoms with Crippen LogP contribution in [0.15, 0.2) is 46.9 Å². The highest BCUT2D eigenvalue weighted by atomic mass is 79.9. The second-order valence-corrected chi connectivity index (χ2v) is 11.3. The lowest BCUT2D eigenvalue weighted by atomic mass is 10.1. The zero-order chi connectivity index (χ0) is 27.0. The number of benzene rings is 2. The summed E-state index contributed by atoms with van der Waals surface area (Å²) in [6.45, 7) is 5.07. The summed E-state index contributed by atoms with van der Waals surface area (Å²) in [6, 6.07) is 11.1. The van der Waals surface area contributed by atoms with E-state index in [2.05, 4.69) is 21.2 Å². The van der Waals surface area contributed by atoms with Crippen LogP contribution in [0.1, 0.15) is 32.8 Å². The van der Waals surface area contributed by atoms with Crippen molar-refractivity contribution in [2.24, 2.45) is 0 Å². The van der Waals surface area contributed by atoms with Crippen molar-refractivity contribution in [3.63, 3.8) is 0 Å². The predicted molar refractivity (Wildman–Crippen MR) is 144 cm³/mol. The number of halogens is 1. The lowest BCUT2D eigenvalue weighted by Crippen LogP contribution is -2.52. The van der Waals surface area contributed by atoms with Crippen LogP contribution in [-0.2, 0) is 26.2 Å². The SMILES string of the molecule is CC[C@H](C)NC(=O)[C@@H](C)N(Cc1ccc(Br)cc1)C(=O)CN(c1ccc(OC)cc1OC)S(C)(=O)=O. The minimum absolute atomic E-state index is 0.0688. The Balaban J connectivity index is 2.45. The molecule has 0 aliphatic rings. The van der Waals surface area contributed by atoms with Crippen LogP contribution < -0.4 is 19.1 Å². The molecule has 0 spiro atoms. The molecule has 0 heterocycles. The molecule has 0 aromatic heterocycles. The second kappa shape index (κ2) is 13.0. The van der Waals surface area contributed by atoms with E-state index in [1.807, 2.05) is 38.1 Å². The maximum atomic E-state index is 13.6. The summed E-state index contributed by atoms with van der Waals surface area (Å²) in [4.78, 5) is 28.0. The van der Waals surface area contributed by atoms with Gasteiger partial charge in [-0.1, -0.05) is 35.0 Å². The van der Waals surface area contributed by atoms with Gasteiger partial charge in [0.2, 0.25) is 21.8 Å². The number of ether oxygens (including phenoxy) is 2. The Morgan fingerprint density at radius 2 is 1.69 bits per heavy atom. The summed E-state index contributed by atoms with van der Waals surface area (Å²) >= 11 is 3.39. The van der Waals surface area contributed by atoms with E-state index in [1.54, 1.807) is 19.1 Å².